The Bertz CT molecular complexity index is 1060. The summed E-state index contributed by atoms with van der Waals surface area (Å²) in [5.74, 6) is 0.211. The number of pyridine rings is 1. The maximum absolute atomic E-state index is 13.3. The molecule has 1 amide bonds. The fourth-order valence-corrected chi connectivity index (χ4v) is 3.76. The van der Waals surface area contributed by atoms with Gasteiger partial charge in [0, 0.05) is 51.0 Å². The zero-order valence-electron chi connectivity index (χ0n) is 18.3. The zero-order valence-corrected chi connectivity index (χ0v) is 18.3. The van der Waals surface area contributed by atoms with Crippen LogP contribution in [0.2, 0.25) is 0 Å². The van der Waals surface area contributed by atoms with Crippen LogP contribution >= 0.6 is 0 Å². The minimum Gasteiger partial charge on any atom is -0.456 e. The largest absolute Gasteiger partial charge is 0.456 e. The minimum atomic E-state index is -0.377. The summed E-state index contributed by atoms with van der Waals surface area (Å²) >= 11 is 0. The molecule has 1 aromatic heterocycles. The zero-order chi connectivity index (χ0) is 22.5. The van der Waals surface area contributed by atoms with E-state index in [1.807, 2.05) is 12.1 Å². The molecule has 1 aliphatic heterocycles. The normalized spacial score (nSPS) is 16.5. The Balaban J connectivity index is 1.37. The first kappa shape index (κ1) is 21.9. The third kappa shape index (κ3) is 5.49. The Hall–Kier alpha value is -3.29. The van der Waals surface area contributed by atoms with Gasteiger partial charge in [0.2, 0.25) is 0 Å². The summed E-state index contributed by atoms with van der Waals surface area (Å²) in [4.78, 5) is 21.1. The number of amides is 1. The molecule has 3 aromatic rings. The van der Waals surface area contributed by atoms with E-state index in [1.54, 1.807) is 36.2 Å². The molecule has 166 valence electrons. The molecule has 0 saturated carbocycles. The van der Waals surface area contributed by atoms with E-state index < -0.39 is 0 Å². The van der Waals surface area contributed by atoms with Crippen LogP contribution < -0.4 is 15.0 Å². The van der Waals surface area contributed by atoms with Gasteiger partial charge in [-0.3, -0.25) is 9.69 Å². The highest BCUT2D eigenvalue weighted by atomic mass is 19.1. The molecule has 0 unspecified atom stereocenters. The van der Waals surface area contributed by atoms with Crippen LogP contribution in [0.5, 0.6) is 11.5 Å². The molecule has 2 heterocycles. The van der Waals surface area contributed by atoms with E-state index in [0.29, 0.717) is 23.2 Å². The summed E-state index contributed by atoms with van der Waals surface area (Å²) < 4.78 is 18.9. The lowest BCUT2D eigenvalue weighted by molar-refractivity contribution is 0.0988. The van der Waals surface area contributed by atoms with Crippen LogP contribution in [0.15, 0.2) is 66.9 Å². The standard InChI is InChI=1S/C25H27FN4O2/c1-18-16-30(13-12-27-18)17-19-6-8-21(9-7-19)29(2)25(31)24-11-10-23(15-28-24)32-22-5-3-4-20(26)14-22/h3-11,14-15,18,27H,12-13,16-17H2,1-2H3/t18-/m0/s1. The second kappa shape index (κ2) is 9.89. The third-order valence-electron chi connectivity index (χ3n) is 5.47. The fourth-order valence-electron chi connectivity index (χ4n) is 3.76. The summed E-state index contributed by atoms with van der Waals surface area (Å²) in [6.07, 6.45) is 1.46. The second-order valence-corrected chi connectivity index (χ2v) is 8.06. The van der Waals surface area contributed by atoms with Crippen LogP contribution in [0.4, 0.5) is 10.1 Å². The maximum Gasteiger partial charge on any atom is 0.276 e. The molecule has 1 N–H and O–H groups in total. The van der Waals surface area contributed by atoms with E-state index in [0.717, 1.165) is 31.9 Å². The molecule has 7 heteroatoms. The summed E-state index contributed by atoms with van der Waals surface area (Å²) in [5.41, 5.74) is 2.33. The minimum absolute atomic E-state index is 0.217. The predicted molar refractivity (Wildman–Crippen MR) is 123 cm³/mol. The van der Waals surface area contributed by atoms with Crippen molar-refractivity contribution in [3.8, 4) is 11.5 Å². The average molecular weight is 435 g/mol. The lowest BCUT2D eigenvalue weighted by Gasteiger charge is -2.31. The number of piperazine rings is 1. The van der Waals surface area contributed by atoms with Crippen molar-refractivity contribution in [1.29, 1.82) is 0 Å². The van der Waals surface area contributed by atoms with Crippen LogP contribution in [-0.2, 0) is 6.54 Å². The first-order chi connectivity index (χ1) is 15.5. The quantitative estimate of drug-likeness (QED) is 0.634. The van der Waals surface area contributed by atoms with Gasteiger partial charge in [-0.25, -0.2) is 9.37 Å². The summed E-state index contributed by atoms with van der Waals surface area (Å²) in [7, 11) is 1.73. The van der Waals surface area contributed by atoms with Crippen LogP contribution in [0.1, 0.15) is 23.0 Å². The summed E-state index contributed by atoms with van der Waals surface area (Å²) in [6, 6.07) is 17.7. The highest BCUT2D eigenvalue weighted by molar-refractivity contribution is 6.04. The molecule has 32 heavy (non-hydrogen) atoms. The van der Waals surface area contributed by atoms with Crippen molar-refractivity contribution in [3.05, 3.63) is 83.9 Å². The number of nitrogens with one attached hydrogen (secondary N) is 1. The van der Waals surface area contributed by atoms with Crippen LogP contribution in [0.3, 0.4) is 0 Å². The lowest BCUT2D eigenvalue weighted by atomic mass is 10.1. The van der Waals surface area contributed by atoms with Gasteiger partial charge in [0.25, 0.3) is 5.91 Å². The van der Waals surface area contributed by atoms with Gasteiger partial charge in [-0.2, -0.15) is 0 Å². The van der Waals surface area contributed by atoms with E-state index in [2.05, 4.69) is 34.3 Å². The number of nitrogens with zero attached hydrogens (tertiary/aromatic N) is 3. The van der Waals surface area contributed by atoms with Crippen molar-refractivity contribution < 1.29 is 13.9 Å². The second-order valence-electron chi connectivity index (χ2n) is 8.06. The molecule has 0 radical (unpaired) electrons. The van der Waals surface area contributed by atoms with E-state index >= 15 is 0 Å². The number of hydrogen-bond acceptors (Lipinski definition) is 5. The number of benzene rings is 2. The molecule has 6 nitrogen and oxygen atoms in total. The topological polar surface area (TPSA) is 57.7 Å². The smallest absolute Gasteiger partial charge is 0.276 e. The van der Waals surface area contributed by atoms with Gasteiger partial charge >= 0.3 is 0 Å². The van der Waals surface area contributed by atoms with Crippen LogP contribution in [-0.4, -0.2) is 48.5 Å². The van der Waals surface area contributed by atoms with Crippen LogP contribution in [0.25, 0.3) is 0 Å². The molecule has 1 aliphatic rings. The number of aromatic nitrogens is 1. The SMILES string of the molecule is C[C@H]1CN(Cc2ccc(N(C)C(=O)c3ccc(Oc4cccc(F)c4)cn3)cc2)CCN1. The number of rotatable bonds is 6. The molecule has 1 saturated heterocycles. The molecule has 0 spiro atoms. The van der Waals surface area contributed by atoms with Gasteiger partial charge < -0.3 is 15.0 Å². The lowest BCUT2D eigenvalue weighted by Crippen LogP contribution is -2.48. The molecular weight excluding hydrogens is 407 g/mol. The molecular formula is C25H27FN4O2. The number of carbonyl (C=O) groups is 1. The number of carbonyl (C=O) groups excluding carboxylic acids is 1. The highest BCUT2D eigenvalue weighted by Crippen LogP contribution is 2.22. The van der Waals surface area contributed by atoms with Gasteiger partial charge in [0.15, 0.2) is 0 Å². The van der Waals surface area contributed by atoms with E-state index in [9.17, 15) is 9.18 Å². The Morgan fingerprint density at radius 1 is 1.19 bits per heavy atom. The molecule has 4 rings (SSSR count). The van der Waals surface area contributed by atoms with Crippen LogP contribution in [0, 0.1) is 5.82 Å². The monoisotopic (exact) mass is 434 g/mol. The van der Waals surface area contributed by atoms with Gasteiger partial charge in [0.05, 0.1) is 6.20 Å². The van der Waals surface area contributed by atoms with E-state index in [-0.39, 0.29) is 11.7 Å². The van der Waals surface area contributed by atoms with Crippen molar-refractivity contribution >= 4 is 11.6 Å². The van der Waals surface area contributed by atoms with Crippen molar-refractivity contribution in [2.24, 2.45) is 0 Å². The van der Waals surface area contributed by atoms with E-state index in [4.69, 9.17) is 4.74 Å². The molecule has 0 bridgehead atoms. The molecule has 0 aliphatic carbocycles. The first-order valence-electron chi connectivity index (χ1n) is 10.7. The van der Waals surface area contributed by atoms with Crippen molar-refractivity contribution in [2.45, 2.75) is 19.5 Å². The van der Waals surface area contributed by atoms with Gasteiger partial charge in [-0.1, -0.05) is 18.2 Å². The summed E-state index contributed by atoms with van der Waals surface area (Å²) in [6.45, 7) is 6.18. The number of anilines is 1. The summed E-state index contributed by atoms with van der Waals surface area (Å²) in [5, 5.41) is 3.45. The Morgan fingerprint density at radius 3 is 2.69 bits per heavy atom. The number of halogens is 1. The van der Waals surface area contributed by atoms with E-state index in [1.165, 1.54) is 23.9 Å². The third-order valence-corrected chi connectivity index (χ3v) is 5.47. The van der Waals surface area contributed by atoms with Gasteiger partial charge in [0.1, 0.15) is 23.0 Å². The van der Waals surface area contributed by atoms with Gasteiger partial charge in [-0.05, 0) is 48.9 Å². The Morgan fingerprint density at radius 2 is 2.00 bits per heavy atom. The molecule has 1 fully saturated rings. The maximum atomic E-state index is 13.3. The van der Waals surface area contributed by atoms with Crippen molar-refractivity contribution in [1.82, 2.24) is 15.2 Å². The predicted octanol–water partition coefficient (Wildman–Crippen LogP) is 4.08. The number of hydrogen-bond donors (Lipinski definition) is 1. The first-order valence-corrected chi connectivity index (χ1v) is 10.7. The van der Waals surface area contributed by atoms with Crippen molar-refractivity contribution in [3.63, 3.8) is 0 Å². The molecule has 2 aromatic carbocycles. The van der Waals surface area contributed by atoms with Crippen molar-refractivity contribution in [2.75, 3.05) is 31.6 Å². The molecule has 1 atom stereocenters. The highest BCUT2D eigenvalue weighted by Gasteiger charge is 2.17. The number of ether oxygens (including phenoxy) is 1. The van der Waals surface area contributed by atoms with Gasteiger partial charge in [-0.15, -0.1) is 0 Å². The fraction of sp³-hybridized carbons (Fsp3) is 0.280. The Labute approximate surface area is 187 Å². The Kier molecular flexibility index (Phi) is 6.78. The average Bonchev–Trinajstić information content (AvgIpc) is 2.79.